The smallest absolute Gasteiger partial charge is 0.241 e. The summed E-state index contributed by atoms with van der Waals surface area (Å²) in [4.78, 5) is 22.5. The topological polar surface area (TPSA) is 137 Å². The number of primary amides is 1. The van der Waals surface area contributed by atoms with Crippen LogP contribution in [0.3, 0.4) is 0 Å². The highest BCUT2D eigenvalue weighted by Gasteiger charge is 2.16. The SMILES string of the molecule is COc1ccc(NC(=O)C(N)CC(N)=O)cc1OCCO. The van der Waals surface area contributed by atoms with E-state index in [9.17, 15) is 9.59 Å². The number of hydrogen-bond acceptors (Lipinski definition) is 6. The lowest BCUT2D eigenvalue weighted by Crippen LogP contribution is -2.38. The van der Waals surface area contributed by atoms with Gasteiger partial charge in [0.05, 0.1) is 26.2 Å². The lowest BCUT2D eigenvalue weighted by atomic mass is 10.2. The van der Waals surface area contributed by atoms with Crippen LogP contribution in [0.2, 0.25) is 0 Å². The second-order valence-electron chi connectivity index (χ2n) is 4.20. The summed E-state index contributed by atoms with van der Waals surface area (Å²) in [5, 5.41) is 11.3. The molecule has 8 heteroatoms. The number of anilines is 1. The lowest BCUT2D eigenvalue weighted by molar-refractivity contribution is -0.123. The van der Waals surface area contributed by atoms with Crippen LogP contribution in [0.1, 0.15) is 6.42 Å². The molecule has 1 unspecified atom stereocenters. The normalized spacial score (nSPS) is 11.6. The Morgan fingerprint density at radius 1 is 1.38 bits per heavy atom. The van der Waals surface area contributed by atoms with Gasteiger partial charge in [-0.1, -0.05) is 0 Å². The van der Waals surface area contributed by atoms with Gasteiger partial charge in [0.2, 0.25) is 11.8 Å². The van der Waals surface area contributed by atoms with Crippen molar-refractivity contribution in [3.8, 4) is 11.5 Å². The molecule has 0 aliphatic rings. The zero-order chi connectivity index (χ0) is 15.8. The number of carbonyl (C=O) groups excluding carboxylic acids is 2. The number of ether oxygens (including phenoxy) is 2. The van der Waals surface area contributed by atoms with Gasteiger partial charge in [0.1, 0.15) is 6.61 Å². The zero-order valence-corrected chi connectivity index (χ0v) is 11.7. The van der Waals surface area contributed by atoms with Crippen LogP contribution in [0.5, 0.6) is 11.5 Å². The number of methoxy groups -OCH3 is 1. The van der Waals surface area contributed by atoms with Gasteiger partial charge < -0.3 is 31.4 Å². The molecule has 0 aliphatic heterocycles. The van der Waals surface area contributed by atoms with Gasteiger partial charge in [-0.3, -0.25) is 9.59 Å². The molecule has 0 radical (unpaired) electrons. The van der Waals surface area contributed by atoms with Crippen LogP contribution in [0.4, 0.5) is 5.69 Å². The van der Waals surface area contributed by atoms with Crippen LogP contribution in [0.15, 0.2) is 18.2 Å². The third-order valence-electron chi connectivity index (χ3n) is 2.54. The fourth-order valence-electron chi connectivity index (χ4n) is 1.57. The molecule has 2 amide bonds. The van der Waals surface area contributed by atoms with E-state index in [0.717, 1.165) is 0 Å². The number of nitrogens with one attached hydrogen (secondary N) is 1. The summed E-state index contributed by atoms with van der Waals surface area (Å²) in [6, 6.07) is 3.71. The molecule has 8 nitrogen and oxygen atoms in total. The van der Waals surface area contributed by atoms with Crippen molar-refractivity contribution in [1.29, 1.82) is 0 Å². The van der Waals surface area contributed by atoms with E-state index in [1.165, 1.54) is 13.2 Å². The van der Waals surface area contributed by atoms with E-state index in [0.29, 0.717) is 17.2 Å². The minimum Gasteiger partial charge on any atom is -0.493 e. The molecule has 116 valence electrons. The molecule has 1 aromatic carbocycles. The third-order valence-corrected chi connectivity index (χ3v) is 2.54. The van der Waals surface area contributed by atoms with Gasteiger partial charge >= 0.3 is 0 Å². The highest BCUT2D eigenvalue weighted by atomic mass is 16.5. The number of aliphatic hydroxyl groups excluding tert-OH is 1. The molecule has 1 atom stereocenters. The average molecular weight is 297 g/mol. The molecule has 0 saturated heterocycles. The molecule has 0 aromatic heterocycles. The van der Waals surface area contributed by atoms with Gasteiger partial charge in [-0.15, -0.1) is 0 Å². The number of rotatable bonds is 8. The molecule has 0 bridgehead atoms. The fraction of sp³-hybridized carbons (Fsp3) is 0.385. The number of amides is 2. The summed E-state index contributed by atoms with van der Waals surface area (Å²) in [6.07, 6.45) is -0.240. The van der Waals surface area contributed by atoms with Crippen LogP contribution in [-0.2, 0) is 9.59 Å². The highest BCUT2D eigenvalue weighted by Crippen LogP contribution is 2.30. The van der Waals surface area contributed by atoms with Crippen LogP contribution < -0.4 is 26.3 Å². The molecule has 1 rings (SSSR count). The molecular weight excluding hydrogens is 278 g/mol. The Hall–Kier alpha value is -2.32. The van der Waals surface area contributed by atoms with Crippen LogP contribution in [0.25, 0.3) is 0 Å². The predicted octanol–water partition coefficient (Wildman–Crippen LogP) is -0.792. The molecule has 0 aliphatic carbocycles. The first kappa shape index (κ1) is 16.7. The van der Waals surface area contributed by atoms with Gasteiger partial charge in [0.25, 0.3) is 0 Å². The van der Waals surface area contributed by atoms with E-state index >= 15 is 0 Å². The van der Waals surface area contributed by atoms with Crippen molar-refractivity contribution < 1.29 is 24.2 Å². The quantitative estimate of drug-likeness (QED) is 0.496. The van der Waals surface area contributed by atoms with E-state index < -0.39 is 17.9 Å². The molecule has 0 spiro atoms. The van der Waals surface area contributed by atoms with Crippen molar-refractivity contribution >= 4 is 17.5 Å². The van der Waals surface area contributed by atoms with E-state index in [-0.39, 0.29) is 19.6 Å². The maximum Gasteiger partial charge on any atom is 0.241 e. The summed E-state index contributed by atoms with van der Waals surface area (Å²) < 4.78 is 10.4. The summed E-state index contributed by atoms with van der Waals surface area (Å²) in [7, 11) is 1.47. The fourth-order valence-corrected chi connectivity index (χ4v) is 1.57. The number of nitrogens with two attached hydrogens (primary N) is 2. The number of hydrogen-bond donors (Lipinski definition) is 4. The molecular formula is C13H19N3O5. The molecule has 0 fully saturated rings. The first-order valence-corrected chi connectivity index (χ1v) is 6.24. The Kier molecular flexibility index (Phi) is 6.44. The van der Waals surface area contributed by atoms with E-state index in [1.54, 1.807) is 12.1 Å². The van der Waals surface area contributed by atoms with Crippen molar-refractivity contribution in [3.63, 3.8) is 0 Å². The lowest BCUT2D eigenvalue weighted by Gasteiger charge is -2.14. The summed E-state index contributed by atoms with van der Waals surface area (Å²) in [5.74, 6) is -0.359. The van der Waals surface area contributed by atoms with Crippen molar-refractivity contribution in [2.45, 2.75) is 12.5 Å². The van der Waals surface area contributed by atoms with Crippen LogP contribution in [-0.4, -0.2) is 43.3 Å². The summed E-state index contributed by atoms with van der Waals surface area (Å²) in [5.41, 5.74) is 10.9. The largest absolute Gasteiger partial charge is 0.493 e. The third kappa shape index (κ3) is 5.28. The molecule has 21 heavy (non-hydrogen) atoms. The van der Waals surface area contributed by atoms with Crippen LogP contribution in [0, 0.1) is 0 Å². The Labute approximate surface area is 122 Å². The molecule has 0 saturated carbocycles. The van der Waals surface area contributed by atoms with Crippen molar-refractivity contribution in [3.05, 3.63) is 18.2 Å². The Morgan fingerprint density at radius 2 is 2.10 bits per heavy atom. The minimum absolute atomic E-state index is 0.0922. The van der Waals surface area contributed by atoms with Crippen molar-refractivity contribution in [2.75, 3.05) is 25.6 Å². The van der Waals surface area contributed by atoms with Gasteiger partial charge in [-0.05, 0) is 12.1 Å². The maximum absolute atomic E-state index is 11.8. The van der Waals surface area contributed by atoms with Gasteiger partial charge in [-0.2, -0.15) is 0 Å². The van der Waals surface area contributed by atoms with Gasteiger partial charge in [0.15, 0.2) is 11.5 Å². The average Bonchev–Trinajstić information content (AvgIpc) is 2.44. The summed E-state index contributed by atoms with van der Waals surface area (Å²) in [6.45, 7) is -0.0574. The van der Waals surface area contributed by atoms with Crippen molar-refractivity contribution in [2.24, 2.45) is 11.5 Å². The Morgan fingerprint density at radius 3 is 2.67 bits per heavy atom. The zero-order valence-electron chi connectivity index (χ0n) is 11.7. The Bertz CT molecular complexity index is 507. The Balaban J connectivity index is 2.79. The van der Waals surface area contributed by atoms with Crippen molar-refractivity contribution in [1.82, 2.24) is 0 Å². The second-order valence-corrected chi connectivity index (χ2v) is 4.20. The molecule has 0 heterocycles. The minimum atomic E-state index is -1.02. The van der Waals surface area contributed by atoms with Gasteiger partial charge in [-0.25, -0.2) is 0 Å². The molecule has 6 N–H and O–H groups in total. The van der Waals surface area contributed by atoms with E-state index in [1.807, 2.05) is 0 Å². The van der Waals surface area contributed by atoms with Crippen LogP contribution >= 0.6 is 0 Å². The highest BCUT2D eigenvalue weighted by molar-refractivity contribution is 5.97. The standard InChI is InChI=1S/C13H19N3O5/c1-20-10-3-2-8(6-11(10)21-5-4-17)16-13(19)9(14)7-12(15)18/h2-3,6,9,17H,4-5,7,14H2,1H3,(H2,15,18)(H,16,19). The molecule has 1 aromatic rings. The first-order chi connectivity index (χ1) is 9.97. The number of aliphatic hydroxyl groups is 1. The maximum atomic E-state index is 11.8. The first-order valence-electron chi connectivity index (χ1n) is 6.24. The number of carbonyl (C=O) groups is 2. The monoisotopic (exact) mass is 297 g/mol. The summed E-state index contributed by atoms with van der Waals surface area (Å²) >= 11 is 0. The second kappa shape index (κ2) is 8.08. The van der Waals surface area contributed by atoms with E-state index in [4.69, 9.17) is 26.0 Å². The van der Waals surface area contributed by atoms with Gasteiger partial charge in [0, 0.05) is 11.8 Å². The predicted molar refractivity (Wildman–Crippen MR) is 76.0 cm³/mol. The van der Waals surface area contributed by atoms with E-state index in [2.05, 4.69) is 5.32 Å². The number of benzene rings is 1.